The van der Waals surface area contributed by atoms with Crippen LogP contribution in [0.3, 0.4) is 0 Å². The number of sulfonamides is 1. The molecule has 152 valence electrons. The second-order valence-corrected chi connectivity index (χ2v) is 9.56. The van der Waals surface area contributed by atoms with Crippen molar-refractivity contribution in [3.05, 3.63) is 47.5 Å². The van der Waals surface area contributed by atoms with Gasteiger partial charge in [-0.1, -0.05) is 11.6 Å². The van der Waals surface area contributed by atoms with Crippen LogP contribution in [0.1, 0.15) is 20.3 Å². The van der Waals surface area contributed by atoms with Gasteiger partial charge in [0.1, 0.15) is 5.75 Å². The molecule has 0 fully saturated rings. The van der Waals surface area contributed by atoms with Gasteiger partial charge in [-0.15, -0.1) is 11.8 Å². The third kappa shape index (κ3) is 6.70. The Labute approximate surface area is 175 Å². The zero-order valence-corrected chi connectivity index (χ0v) is 18.2. The molecule has 2 rings (SSSR count). The molecule has 28 heavy (non-hydrogen) atoms. The Bertz CT molecular complexity index is 916. The first-order valence-corrected chi connectivity index (χ1v) is 11.4. The lowest BCUT2D eigenvalue weighted by atomic mass is 10.3. The molecule has 0 aromatic heterocycles. The van der Waals surface area contributed by atoms with Gasteiger partial charge in [0, 0.05) is 28.1 Å². The van der Waals surface area contributed by atoms with Crippen LogP contribution in [0.15, 0.2) is 52.3 Å². The van der Waals surface area contributed by atoms with Gasteiger partial charge >= 0.3 is 0 Å². The van der Waals surface area contributed by atoms with Crippen LogP contribution >= 0.6 is 23.4 Å². The van der Waals surface area contributed by atoms with Gasteiger partial charge in [0.25, 0.3) is 0 Å². The average Bonchev–Trinajstić information content (AvgIpc) is 2.62. The Kier molecular flexibility index (Phi) is 8.18. The number of nitrogens with one attached hydrogen (secondary N) is 2. The molecule has 6 nitrogen and oxygen atoms in total. The number of halogens is 1. The summed E-state index contributed by atoms with van der Waals surface area (Å²) in [4.78, 5) is 13.4. The van der Waals surface area contributed by atoms with E-state index in [9.17, 15) is 13.2 Å². The van der Waals surface area contributed by atoms with Crippen LogP contribution in [0.25, 0.3) is 0 Å². The molecule has 0 atom stereocenters. The Morgan fingerprint density at radius 3 is 2.46 bits per heavy atom. The molecule has 0 aliphatic carbocycles. The molecular formula is C19H23ClN2O4S2. The zero-order chi connectivity index (χ0) is 20.7. The molecule has 0 unspecified atom stereocenters. The summed E-state index contributed by atoms with van der Waals surface area (Å²) in [6.45, 7) is 3.48. The number of methoxy groups -OCH3 is 1. The minimum atomic E-state index is -3.67. The molecule has 0 saturated heterocycles. The van der Waals surface area contributed by atoms with Crippen molar-refractivity contribution in [3.63, 3.8) is 0 Å². The standard InChI is InChI=1S/C19H23ClN2O4S2/c1-13(2)22-28(24,25)16-8-9-18(26-3)17(12-16)21-19(23)10-11-27-15-6-4-14(20)5-7-15/h4-9,12-13,22H,10-11H2,1-3H3,(H,21,23). The van der Waals surface area contributed by atoms with Crippen LogP contribution < -0.4 is 14.8 Å². The number of carbonyl (C=O) groups is 1. The van der Waals surface area contributed by atoms with E-state index in [0.29, 0.717) is 22.2 Å². The summed E-state index contributed by atoms with van der Waals surface area (Å²) < 4.78 is 32.5. The first-order chi connectivity index (χ1) is 13.2. The Hall–Kier alpha value is -1.74. The maximum absolute atomic E-state index is 12.4. The molecule has 2 N–H and O–H groups in total. The fourth-order valence-electron chi connectivity index (χ4n) is 2.34. The van der Waals surface area contributed by atoms with Crippen molar-refractivity contribution in [2.75, 3.05) is 18.2 Å². The van der Waals surface area contributed by atoms with E-state index in [0.717, 1.165) is 4.90 Å². The molecular weight excluding hydrogens is 420 g/mol. The van der Waals surface area contributed by atoms with E-state index in [1.807, 2.05) is 12.1 Å². The second-order valence-electron chi connectivity index (χ2n) is 6.24. The summed E-state index contributed by atoms with van der Waals surface area (Å²) >= 11 is 7.39. The predicted octanol–water partition coefficient (Wildman–Crippen LogP) is 4.16. The summed E-state index contributed by atoms with van der Waals surface area (Å²) in [5.41, 5.74) is 0.315. The zero-order valence-electron chi connectivity index (χ0n) is 15.9. The van der Waals surface area contributed by atoms with Crippen LogP contribution in [0.2, 0.25) is 5.02 Å². The van der Waals surface area contributed by atoms with Gasteiger partial charge in [-0.05, 0) is 56.3 Å². The SMILES string of the molecule is COc1ccc(S(=O)(=O)NC(C)C)cc1NC(=O)CCSc1ccc(Cl)cc1. The Balaban J connectivity index is 2.03. The number of benzene rings is 2. The van der Waals surface area contributed by atoms with E-state index in [-0.39, 0.29) is 23.3 Å². The van der Waals surface area contributed by atoms with Crippen molar-refractivity contribution in [3.8, 4) is 5.75 Å². The van der Waals surface area contributed by atoms with Crippen molar-refractivity contribution in [1.82, 2.24) is 4.72 Å². The van der Waals surface area contributed by atoms with E-state index in [4.69, 9.17) is 16.3 Å². The summed E-state index contributed by atoms with van der Waals surface area (Å²) in [5, 5.41) is 3.39. The highest BCUT2D eigenvalue weighted by Crippen LogP contribution is 2.28. The van der Waals surface area contributed by atoms with Gasteiger partial charge in [-0.2, -0.15) is 0 Å². The van der Waals surface area contributed by atoms with Crippen molar-refractivity contribution in [2.45, 2.75) is 36.1 Å². The molecule has 0 aliphatic heterocycles. The second kappa shape index (κ2) is 10.2. The maximum atomic E-state index is 12.4. The number of hydrogen-bond donors (Lipinski definition) is 2. The van der Waals surface area contributed by atoms with Crippen LogP contribution in [-0.4, -0.2) is 33.2 Å². The van der Waals surface area contributed by atoms with Crippen molar-refractivity contribution in [2.24, 2.45) is 0 Å². The quantitative estimate of drug-likeness (QED) is 0.569. The summed E-state index contributed by atoms with van der Waals surface area (Å²) in [6, 6.07) is 11.5. The van der Waals surface area contributed by atoms with E-state index < -0.39 is 10.0 Å². The van der Waals surface area contributed by atoms with E-state index in [2.05, 4.69) is 10.0 Å². The molecule has 2 aromatic rings. The molecule has 0 radical (unpaired) electrons. The van der Waals surface area contributed by atoms with Crippen LogP contribution in [0.4, 0.5) is 5.69 Å². The van der Waals surface area contributed by atoms with Crippen molar-refractivity contribution >= 4 is 45.0 Å². The number of anilines is 1. The van der Waals surface area contributed by atoms with Crippen LogP contribution in [-0.2, 0) is 14.8 Å². The lowest BCUT2D eigenvalue weighted by Gasteiger charge is -2.14. The predicted molar refractivity (Wildman–Crippen MR) is 114 cm³/mol. The molecule has 9 heteroatoms. The third-order valence-corrected chi connectivity index (χ3v) is 6.48. The van der Waals surface area contributed by atoms with E-state index in [1.165, 1.54) is 37.1 Å². The minimum Gasteiger partial charge on any atom is -0.495 e. The highest BCUT2D eigenvalue weighted by Gasteiger charge is 2.18. The molecule has 0 heterocycles. The van der Waals surface area contributed by atoms with Crippen LogP contribution in [0, 0.1) is 0 Å². The van der Waals surface area contributed by atoms with Crippen LogP contribution in [0.5, 0.6) is 5.75 Å². The number of amides is 1. The largest absolute Gasteiger partial charge is 0.495 e. The molecule has 2 aromatic carbocycles. The van der Waals surface area contributed by atoms with E-state index in [1.54, 1.807) is 26.0 Å². The normalized spacial score (nSPS) is 11.5. The third-order valence-electron chi connectivity index (χ3n) is 3.56. The van der Waals surface area contributed by atoms with Crippen molar-refractivity contribution < 1.29 is 17.9 Å². The Morgan fingerprint density at radius 1 is 1.18 bits per heavy atom. The molecule has 0 aliphatic rings. The van der Waals surface area contributed by atoms with Gasteiger partial charge in [-0.25, -0.2) is 13.1 Å². The minimum absolute atomic E-state index is 0.0628. The summed E-state index contributed by atoms with van der Waals surface area (Å²) in [6.07, 6.45) is 0.262. The number of rotatable bonds is 9. The highest BCUT2D eigenvalue weighted by molar-refractivity contribution is 7.99. The van der Waals surface area contributed by atoms with Gasteiger partial charge < -0.3 is 10.1 Å². The molecule has 1 amide bonds. The number of hydrogen-bond acceptors (Lipinski definition) is 5. The lowest BCUT2D eigenvalue weighted by Crippen LogP contribution is -2.30. The van der Waals surface area contributed by atoms with Gasteiger partial charge in [-0.3, -0.25) is 4.79 Å². The number of carbonyl (C=O) groups excluding carboxylic acids is 1. The maximum Gasteiger partial charge on any atom is 0.240 e. The highest BCUT2D eigenvalue weighted by atomic mass is 35.5. The lowest BCUT2D eigenvalue weighted by molar-refractivity contribution is -0.115. The fraction of sp³-hybridized carbons (Fsp3) is 0.316. The first-order valence-electron chi connectivity index (χ1n) is 8.60. The van der Waals surface area contributed by atoms with Gasteiger partial charge in [0.2, 0.25) is 15.9 Å². The summed E-state index contributed by atoms with van der Waals surface area (Å²) in [5.74, 6) is 0.733. The van der Waals surface area contributed by atoms with E-state index >= 15 is 0 Å². The topological polar surface area (TPSA) is 84.5 Å². The monoisotopic (exact) mass is 442 g/mol. The summed E-state index contributed by atoms with van der Waals surface area (Å²) in [7, 11) is -2.21. The first kappa shape index (κ1) is 22.5. The molecule has 0 saturated carbocycles. The number of thioether (sulfide) groups is 1. The Morgan fingerprint density at radius 2 is 1.86 bits per heavy atom. The van der Waals surface area contributed by atoms with Crippen molar-refractivity contribution in [1.29, 1.82) is 0 Å². The number of ether oxygens (including phenoxy) is 1. The fourth-order valence-corrected chi connectivity index (χ4v) is 4.59. The molecule has 0 spiro atoms. The smallest absolute Gasteiger partial charge is 0.240 e. The van der Waals surface area contributed by atoms with Gasteiger partial charge in [0.15, 0.2) is 0 Å². The average molecular weight is 443 g/mol. The molecule has 0 bridgehead atoms. The van der Waals surface area contributed by atoms with Gasteiger partial charge in [0.05, 0.1) is 17.7 Å².